The molecule has 1 aliphatic rings. The molecule has 0 saturated heterocycles. The summed E-state index contributed by atoms with van der Waals surface area (Å²) >= 11 is 1.20. The smallest absolute Gasteiger partial charge is 0.337 e. The van der Waals surface area contributed by atoms with Crippen LogP contribution in [0.1, 0.15) is 31.0 Å². The van der Waals surface area contributed by atoms with Gasteiger partial charge < -0.3 is 18.9 Å². The van der Waals surface area contributed by atoms with E-state index in [-0.39, 0.29) is 17.7 Å². The van der Waals surface area contributed by atoms with Gasteiger partial charge in [0.1, 0.15) is 11.8 Å². The monoisotopic (exact) mass is 569 g/mol. The Hall–Kier alpha value is -4.88. The SMILES string of the molecule is CCOc1ccc([C@@H]2C(C(=O)OC)=CN=c3s/c(=C/c4c(OCC#N)ccc5ccccc45)c(=O)n32)cc1OCC. The first-order valence-corrected chi connectivity index (χ1v) is 13.8. The van der Waals surface area contributed by atoms with Crippen molar-refractivity contribution < 1.29 is 23.7 Å². The second-order valence-corrected chi connectivity index (χ2v) is 9.90. The number of hydrogen-bond donors (Lipinski definition) is 0. The molecule has 1 aromatic heterocycles. The molecule has 9 nitrogen and oxygen atoms in total. The summed E-state index contributed by atoms with van der Waals surface area (Å²) < 4.78 is 24.2. The number of thiazole rings is 1. The van der Waals surface area contributed by atoms with Crippen molar-refractivity contribution in [2.45, 2.75) is 19.9 Å². The van der Waals surface area contributed by atoms with Gasteiger partial charge in [-0.3, -0.25) is 9.36 Å². The standard InChI is InChI=1S/C31H27N3O6S/c1-4-38-25-13-11-20(16-26(25)39-5-2)28-23(30(36)37-3)18-33-31-34(28)29(35)27(41-31)17-22-21-9-7-6-8-19(21)10-12-24(22)40-15-14-32/h6-13,16-18,28H,4-5,15H2,1-3H3/b27-17+/t28-/m1/s1. The summed E-state index contributed by atoms with van der Waals surface area (Å²) in [5.41, 5.74) is 1.19. The molecule has 10 heteroatoms. The van der Waals surface area contributed by atoms with Crippen LogP contribution in [0.4, 0.5) is 0 Å². The van der Waals surface area contributed by atoms with Crippen LogP contribution in [0.3, 0.4) is 0 Å². The molecule has 0 bridgehead atoms. The first kappa shape index (κ1) is 27.7. The van der Waals surface area contributed by atoms with Crippen LogP contribution in [0.5, 0.6) is 17.2 Å². The number of rotatable bonds is 9. The average Bonchev–Trinajstić information content (AvgIpc) is 3.31. The van der Waals surface area contributed by atoms with Crippen LogP contribution in [0.15, 0.2) is 76.2 Å². The molecule has 208 valence electrons. The van der Waals surface area contributed by atoms with Crippen LogP contribution in [0.2, 0.25) is 0 Å². The molecule has 0 spiro atoms. The largest absolute Gasteiger partial charge is 0.490 e. The minimum atomic E-state index is -0.808. The van der Waals surface area contributed by atoms with Gasteiger partial charge in [-0.1, -0.05) is 47.7 Å². The fourth-order valence-electron chi connectivity index (χ4n) is 4.78. The molecular formula is C31H27N3O6S. The number of esters is 1. The zero-order chi connectivity index (χ0) is 28.9. The van der Waals surface area contributed by atoms with Crippen molar-refractivity contribution in [3.63, 3.8) is 0 Å². The highest BCUT2D eigenvalue weighted by Crippen LogP contribution is 2.35. The number of ether oxygens (including phenoxy) is 4. The third-order valence-electron chi connectivity index (χ3n) is 6.51. The number of methoxy groups -OCH3 is 1. The Balaban J connectivity index is 1.73. The van der Waals surface area contributed by atoms with E-state index in [1.807, 2.05) is 50.2 Å². The second kappa shape index (κ2) is 12.1. The zero-order valence-corrected chi connectivity index (χ0v) is 23.6. The first-order chi connectivity index (χ1) is 20.0. The Bertz CT molecular complexity index is 1880. The van der Waals surface area contributed by atoms with E-state index in [4.69, 9.17) is 24.2 Å². The van der Waals surface area contributed by atoms with Crippen LogP contribution in [-0.2, 0) is 9.53 Å². The predicted molar refractivity (Wildman–Crippen MR) is 155 cm³/mol. The van der Waals surface area contributed by atoms with Gasteiger partial charge in [0.2, 0.25) is 0 Å². The normalized spacial score (nSPS) is 14.4. The summed E-state index contributed by atoms with van der Waals surface area (Å²) in [5.74, 6) is 0.956. The minimum absolute atomic E-state index is 0.136. The number of benzene rings is 3. The summed E-state index contributed by atoms with van der Waals surface area (Å²) in [4.78, 5) is 31.8. The van der Waals surface area contributed by atoms with Gasteiger partial charge >= 0.3 is 5.97 Å². The van der Waals surface area contributed by atoms with Crippen molar-refractivity contribution in [3.05, 3.63) is 97.2 Å². The van der Waals surface area contributed by atoms with Crippen LogP contribution in [0, 0.1) is 11.3 Å². The molecule has 0 N–H and O–H groups in total. The number of nitrogens with zero attached hydrogens (tertiary/aromatic N) is 3. The Kier molecular flexibility index (Phi) is 8.17. The van der Waals surface area contributed by atoms with Gasteiger partial charge in [0.05, 0.1) is 36.5 Å². The van der Waals surface area contributed by atoms with Gasteiger partial charge in [0, 0.05) is 11.8 Å². The lowest BCUT2D eigenvalue weighted by Crippen LogP contribution is -2.39. The van der Waals surface area contributed by atoms with Crippen LogP contribution in [-0.4, -0.2) is 37.5 Å². The van der Waals surface area contributed by atoms with Gasteiger partial charge in [0.25, 0.3) is 5.56 Å². The Labute approximate surface area is 239 Å². The highest BCUT2D eigenvalue weighted by atomic mass is 32.1. The fourth-order valence-corrected chi connectivity index (χ4v) is 5.73. The van der Waals surface area contributed by atoms with Crippen molar-refractivity contribution >= 4 is 34.2 Å². The van der Waals surface area contributed by atoms with Gasteiger partial charge in [-0.15, -0.1) is 0 Å². The summed E-state index contributed by atoms with van der Waals surface area (Å²) in [6, 6.07) is 18.0. The number of aromatic nitrogens is 1. The average molecular weight is 570 g/mol. The molecule has 1 atom stereocenters. The molecule has 5 rings (SSSR count). The molecule has 0 unspecified atom stereocenters. The molecule has 41 heavy (non-hydrogen) atoms. The van der Waals surface area contributed by atoms with Gasteiger partial charge in [-0.05, 0) is 54.5 Å². The van der Waals surface area contributed by atoms with Gasteiger partial charge in [-0.2, -0.15) is 5.26 Å². The molecule has 0 aliphatic carbocycles. The van der Waals surface area contributed by atoms with Crippen molar-refractivity contribution in [3.8, 4) is 23.3 Å². The maximum Gasteiger partial charge on any atom is 0.337 e. The molecule has 1 aliphatic heterocycles. The van der Waals surface area contributed by atoms with E-state index >= 15 is 0 Å². The number of fused-ring (bicyclic) bond motifs is 2. The number of nitriles is 1. The van der Waals surface area contributed by atoms with E-state index in [9.17, 15) is 9.59 Å². The molecule has 0 saturated carbocycles. The summed E-state index contributed by atoms with van der Waals surface area (Å²) in [5, 5.41) is 10.9. The molecular weight excluding hydrogens is 542 g/mol. The van der Waals surface area contributed by atoms with E-state index < -0.39 is 12.0 Å². The summed E-state index contributed by atoms with van der Waals surface area (Å²) in [6.07, 6.45) is 3.20. The van der Waals surface area contributed by atoms with Gasteiger partial charge in [-0.25, -0.2) is 9.79 Å². The lowest BCUT2D eigenvalue weighted by molar-refractivity contribution is -0.136. The topological polar surface area (TPSA) is 112 Å². The summed E-state index contributed by atoms with van der Waals surface area (Å²) in [6.45, 7) is 4.48. The highest BCUT2D eigenvalue weighted by Gasteiger charge is 2.31. The maximum atomic E-state index is 14.1. The number of carbonyl (C=O) groups excluding carboxylic acids is 1. The van der Waals surface area contributed by atoms with E-state index in [1.165, 1.54) is 29.2 Å². The Morgan fingerprint density at radius 1 is 1.05 bits per heavy atom. The number of hydrogen-bond acceptors (Lipinski definition) is 9. The van der Waals surface area contributed by atoms with Crippen LogP contribution >= 0.6 is 11.3 Å². The Morgan fingerprint density at radius 3 is 2.56 bits per heavy atom. The van der Waals surface area contributed by atoms with E-state index in [0.717, 1.165) is 10.8 Å². The number of carbonyl (C=O) groups is 1. The fraction of sp³-hybridized carbons (Fsp3) is 0.226. The highest BCUT2D eigenvalue weighted by molar-refractivity contribution is 7.07. The third kappa shape index (κ3) is 5.32. The Morgan fingerprint density at radius 2 is 1.80 bits per heavy atom. The van der Waals surface area contributed by atoms with E-state index in [0.29, 0.717) is 50.9 Å². The molecule has 0 fully saturated rings. The zero-order valence-electron chi connectivity index (χ0n) is 22.7. The van der Waals surface area contributed by atoms with Crippen LogP contribution in [0.25, 0.3) is 16.8 Å². The second-order valence-electron chi connectivity index (χ2n) is 8.89. The summed E-state index contributed by atoms with van der Waals surface area (Å²) in [7, 11) is 1.29. The predicted octanol–water partition coefficient (Wildman–Crippen LogP) is 3.87. The van der Waals surface area contributed by atoms with E-state index in [1.54, 1.807) is 30.3 Å². The molecule has 2 heterocycles. The lowest BCUT2D eigenvalue weighted by atomic mass is 9.97. The third-order valence-corrected chi connectivity index (χ3v) is 7.50. The van der Waals surface area contributed by atoms with E-state index in [2.05, 4.69) is 4.99 Å². The van der Waals surface area contributed by atoms with Crippen molar-refractivity contribution in [2.75, 3.05) is 26.9 Å². The molecule has 4 aromatic rings. The maximum absolute atomic E-state index is 14.1. The quantitative estimate of drug-likeness (QED) is 0.281. The lowest BCUT2D eigenvalue weighted by Gasteiger charge is -2.23. The van der Waals surface area contributed by atoms with Gasteiger partial charge in [0.15, 0.2) is 22.9 Å². The van der Waals surface area contributed by atoms with Crippen molar-refractivity contribution in [1.29, 1.82) is 5.26 Å². The molecule has 0 radical (unpaired) electrons. The van der Waals surface area contributed by atoms with Crippen LogP contribution < -0.4 is 29.1 Å². The molecule has 0 amide bonds. The first-order valence-electron chi connectivity index (χ1n) is 13.0. The van der Waals surface area contributed by atoms with Crippen molar-refractivity contribution in [2.24, 2.45) is 4.99 Å². The van der Waals surface area contributed by atoms with Crippen molar-refractivity contribution in [1.82, 2.24) is 4.57 Å². The molecule has 3 aromatic carbocycles. The minimum Gasteiger partial charge on any atom is -0.490 e.